The lowest BCUT2D eigenvalue weighted by Crippen LogP contribution is -2.03. The molecular weight excluding hydrogens is 283 g/mol. The largest absolute Gasteiger partial charge is 0.464 e. The van der Waals surface area contributed by atoms with E-state index in [1.807, 2.05) is 0 Å². The molecule has 0 aromatic carbocycles. The van der Waals surface area contributed by atoms with E-state index in [4.69, 9.17) is 0 Å². The van der Waals surface area contributed by atoms with Crippen molar-refractivity contribution in [3.05, 3.63) is 15.0 Å². The van der Waals surface area contributed by atoms with Gasteiger partial charge in [0.2, 0.25) is 0 Å². The van der Waals surface area contributed by atoms with Crippen molar-refractivity contribution in [1.82, 2.24) is 10.2 Å². The molecule has 0 radical (unpaired) electrons. The van der Waals surface area contributed by atoms with Crippen molar-refractivity contribution < 1.29 is 9.53 Å². The summed E-state index contributed by atoms with van der Waals surface area (Å²) in [5.74, 6) is 0.213. The highest BCUT2D eigenvalue weighted by Gasteiger charge is 2.30. The van der Waals surface area contributed by atoms with Gasteiger partial charge in [-0.3, -0.25) is 5.10 Å². The summed E-state index contributed by atoms with van der Waals surface area (Å²) in [6.45, 7) is 0. The molecule has 1 heterocycles. The molecule has 1 aliphatic rings. The van der Waals surface area contributed by atoms with Crippen LogP contribution >= 0.6 is 22.6 Å². The Morgan fingerprint density at radius 1 is 1.69 bits per heavy atom. The second kappa shape index (κ2) is 3.28. The highest BCUT2D eigenvalue weighted by Crippen LogP contribution is 2.41. The molecule has 1 aromatic rings. The SMILES string of the molecule is COC(=O)c1n[nH]c(C2CC2)c1I. The molecule has 0 unspecified atom stereocenters. The first-order chi connectivity index (χ1) is 6.24. The van der Waals surface area contributed by atoms with Crippen LogP contribution in [0.3, 0.4) is 0 Å². The zero-order chi connectivity index (χ0) is 9.42. The molecule has 0 aliphatic heterocycles. The Kier molecular flexibility index (Phi) is 2.27. The predicted octanol–water partition coefficient (Wildman–Crippen LogP) is 1.68. The molecule has 13 heavy (non-hydrogen) atoms. The van der Waals surface area contributed by atoms with E-state index in [2.05, 4.69) is 37.5 Å². The first kappa shape index (κ1) is 8.98. The number of aromatic nitrogens is 2. The molecule has 0 amide bonds. The smallest absolute Gasteiger partial charge is 0.359 e. The van der Waals surface area contributed by atoms with Crippen LogP contribution in [-0.4, -0.2) is 23.3 Å². The molecule has 4 nitrogen and oxygen atoms in total. The Balaban J connectivity index is 2.32. The molecule has 0 atom stereocenters. The van der Waals surface area contributed by atoms with Crippen LogP contribution in [0.2, 0.25) is 0 Å². The van der Waals surface area contributed by atoms with Gasteiger partial charge in [-0.1, -0.05) is 0 Å². The van der Waals surface area contributed by atoms with E-state index in [0.29, 0.717) is 11.6 Å². The maximum atomic E-state index is 11.2. The van der Waals surface area contributed by atoms with E-state index in [9.17, 15) is 4.79 Å². The van der Waals surface area contributed by atoms with Gasteiger partial charge in [0.25, 0.3) is 0 Å². The number of rotatable bonds is 2. The highest BCUT2D eigenvalue weighted by atomic mass is 127. The molecule has 2 rings (SSSR count). The van der Waals surface area contributed by atoms with Crippen LogP contribution in [0, 0.1) is 3.57 Å². The Morgan fingerprint density at radius 3 is 2.92 bits per heavy atom. The molecule has 0 bridgehead atoms. The number of H-pyrrole nitrogens is 1. The maximum absolute atomic E-state index is 11.2. The number of nitrogens with one attached hydrogen (secondary N) is 1. The van der Waals surface area contributed by atoms with E-state index in [0.717, 1.165) is 9.26 Å². The minimum atomic E-state index is -0.368. The van der Waals surface area contributed by atoms with Crippen LogP contribution in [0.5, 0.6) is 0 Å². The molecule has 1 saturated carbocycles. The number of methoxy groups -OCH3 is 1. The summed E-state index contributed by atoms with van der Waals surface area (Å²) in [7, 11) is 1.36. The minimum Gasteiger partial charge on any atom is -0.464 e. The van der Waals surface area contributed by atoms with Crippen molar-refractivity contribution in [2.24, 2.45) is 0 Å². The van der Waals surface area contributed by atoms with Crippen LogP contribution in [0.15, 0.2) is 0 Å². The van der Waals surface area contributed by atoms with Crippen molar-refractivity contribution in [2.75, 3.05) is 7.11 Å². The summed E-state index contributed by atoms with van der Waals surface area (Å²) in [4.78, 5) is 11.2. The number of esters is 1. The summed E-state index contributed by atoms with van der Waals surface area (Å²) in [5.41, 5.74) is 1.49. The maximum Gasteiger partial charge on any atom is 0.359 e. The van der Waals surface area contributed by atoms with Gasteiger partial charge >= 0.3 is 5.97 Å². The molecule has 1 aromatic heterocycles. The second-order valence-electron chi connectivity index (χ2n) is 3.07. The normalized spacial score (nSPS) is 15.8. The van der Waals surface area contributed by atoms with Crippen molar-refractivity contribution in [3.8, 4) is 0 Å². The Bertz CT molecular complexity index is 344. The Labute approximate surface area is 89.2 Å². The number of hydrogen-bond donors (Lipinski definition) is 1. The van der Waals surface area contributed by atoms with Crippen molar-refractivity contribution in [2.45, 2.75) is 18.8 Å². The topological polar surface area (TPSA) is 55.0 Å². The van der Waals surface area contributed by atoms with E-state index < -0.39 is 0 Å². The third-order valence-corrected chi connectivity index (χ3v) is 3.19. The average Bonchev–Trinajstić information content (AvgIpc) is 2.90. The number of aromatic amines is 1. The zero-order valence-electron chi connectivity index (χ0n) is 7.13. The van der Waals surface area contributed by atoms with E-state index in [-0.39, 0.29) is 5.97 Å². The van der Waals surface area contributed by atoms with Crippen LogP contribution in [0.1, 0.15) is 34.9 Å². The lowest BCUT2D eigenvalue weighted by atomic mass is 10.3. The van der Waals surface area contributed by atoms with Crippen molar-refractivity contribution >= 4 is 28.6 Å². The van der Waals surface area contributed by atoms with Gasteiger partial charge in [0.15, 0.2) is 5.69 Å². The van der Waals surface area contributed by atoms with Gasteiger partial charge in [-0.2, -0.15) is 5.10 Å². The lowest BCUT2D eigenvalue weighted by Gasteiger charge is -1.94. The molecule has 1 aliphatic carbocycles. The number of carbonyl (C=O) groups excluding carboxylic acids is 1. The van der Waals surface area contributed by atoms with Crippen LogP contribution in [-0.2, 0) is 4.74 Å². The number of carbonyl (C=O) groups is 1. The van der Waals surface area contributed by atoms with Gasteiger partial charge in [-0.05, 0) is 35.4 Å². The number of hydrogen-bond acceptors (Lipinski definition) is 3. The lowest BCUT2D eigenvalue weighted by molar-refractivity contribution is 0.0593. The average molecular weight is 292 g/mol. The summed E-state index contributed by atoms with van der Waals surface area (Å²) >= 11 is 2.14. The van der Waals surface area contributed by atoms with Crippen molar-refractivity contribution in [1.29, 1.82) is 0 Å². The molecular formula is C8H9IN2O2. The summed E-state index contributed by atoms with van der Waals surface area (Å²) in [6.07, 6.45) is 2.39. The van der Waals surface area contributed by atoms with E-state index >= 15 is 0 Å². The minimum absolute atomic E-state index is 0.368. The van der Waals surface area contributed by atoms with Crippen LogP contribution < -0.4 is 0 Å². The summed E-state index contributed by atoms with van der Waals surface area (Å²) < 4.78 is 5.51. The summed E-state index contributed by atoms with van der Waals surface area (Å²) in [5, 5.41) is 6.83. The third kappa shape index (κ3) is 1.56. The standard InChI is InChI=1S/C8H9IN2O2/c1-13-8(12)7-5(9)6(10-11-7)4-2-3-4/h4H,2-3H2,1H3,(H,10,11). The Hall–Kier alpha value is -0.590. The highest BCUT2D eigenvalue weighted by molar-refractivity contribution is 14.1. The monoisotopic (exact) mass is 292 g/mol. The van der Waals surface area contributed by atoms with Gasteiger partial charge in [0.1, 0.15) is 0 Å². The number of nitrogens with zero attached hydrogens (tertiary/aromatic N) is 1. The Morgan fingerprint density at radius 2 is 2.38 bits per heavy atom. The second-order valence-corrected chi connectivity index (χ2v) is 4.14. The van der Waals surface area contributed by atoms with Gasteiger partial charge in [0.05, 0.1) is 16.4 Å². The third-order valence-electron chi connectivity index (χ3n) is 2.10. The van der Waals surface area contributed by atoms with Crippen LogP contribution in [0.25, 0.3) is 0 Å². The fraction of sp³-hybridized carbons (Fsp3) is 0.500. The molecule has 70 valence electrons. The van der Waals surface area contributed by atoms with Gasteiger partial charge in [-0.15, -0.1) is 0 Å². The van der Waals surface area contributed by atoms with Crippen molar-refractivity contribution in [3.63, 3.8) is 0 Å². The number of ether oxygens (including phenoxy) is 1. The zero-order valence-corrected chi connectivity index (χ0v) is 9.29. The number of halogens is 1. The van der Waals surface area contributed by atoms with Gasteiger partial charge in [-0.25, -0.2) is 4.79 Å². The van der Waals surface area contributed by atoms with E-state index in [1.54, 1.807) is 0 Å². The molecule has 1 N–H and O–H groups in total. The van der Waals surface area contributed by atoms with Gasteiger partial charge < -0.3 is 4.74 Å². The molecule has 0 spiro atoms. The predicted molar refractivity (Wildman–Crippen MR) is 54.6 cm³/mol. The first-order valence-electron chi connectivity index (χ1n) is 4.06. The first-order valence-corrected chi connectivity index (χ1v) is 5.14. The van der Waals surface area contributed by atoms with Gasteiger partial charge in [0, 0.05) is 5.92 Å². The fourth-order valence-electron chi connectivity index (χ4n) is 1.22. The molecule has 0 saturated heterocycles. The van der Waals surface area contributed by atoms with E-state index in [1.165, 1.54) is 20.0 Å². The fourth-order valence-corrected chi connectivity index (χ4v) is 2.12. The quantitative estimate of drug-likeness (QED) is 0.666. The molecule has 1 fully saturated rings. The van der Waals surface area contributed by atoms with Crippen LogP contribution in [0.4, 0.5) is 0 Å². The molecule has 5 heteroatoms. The summed E-state index contributed by atoms with van der Waals surface area (Å²) in [6, 6.07) is 0.